The molecule has 0 spiro atoms. The fourth-order valence-corrected chi connectivity index (χ4v) is 3.36. The molecule has 0 radical (unpaired) electrons. The summed E-state index contributed by atoms with van der Waals surface area (Å²) in [5, 5.41) is 2.70. The number of rotatable bonds is 4. The van der Waals surface area contributed by atoms with Gasteiger partial charge in [0.15, 0.2) is 5.78 Å². The van der Waals surface area contributed by atoms with Crippen LogP contribution < -0.4 is 5.32 Å². The molecule has 1 aromatic carbocycles. The Kier molecular flexibility index (Phi) is 4.53. The first kappa shape index (κ1) is 17.1. The number of amides is 3. The van der Waals surface area contributed by atoms with Gasteiger partial charge >= 0.3 is 0 Å². The predicted molar refractivity (Wildman–Crippen MR) is 91.7 cm³/mol. The van der Waals surface area contributed by atoms with E-state index in [0.29, 0.717) is 24.1 Å². The summed E-state index contributed by atoms with van der Waals surface area (Å²) >= 11 is 0. The fraction of sp³-hybridized carbons (Fsp3) is 0.368. The smallest absolute Gasteiger partial charge is 0.247 e. The lowest BCUT2D eigenvalue weighted by molar-refractivity contribution is -0.146. The number of imide groups is 1. The van der Waals surface area contributed by atoms with E-state index in [1.54, 1.807) is 31.2 Å². The molecule has 6 nitrogen and oxygen atoms in total. The molecule has 1 heterocycles. The zero-order valence-corrected chi connectivity index (χ0v) is 14.2. The summed E-state index contributed by atoms with van der Waals surface area (Å²) in [6, 6.07) is 5.61. The van der Waals surface area contributed by atoms with E-state index in [-0.39, 0.29) is 29.4 Å². The molecule has 3 rings (SSSR count). The van der Waals surface area contributed by atoms with Gasteiger partial charge in [0.05, 0.1) is 11.8 Å². The number of carbonyl (C=O) groups excluding carboxylic acids is 4. The number of nitrogens with zero attached hydrogens (tertiary/aromatic N) is 1. The first-order chi connectivity index (χ1) is 11.9. The third kappa shape index (κ3) is 3.12. The third-order valence-corrected chi connectivity index (χ3v) is 4.87. The number of likely N-dealkylation sites (tertiary alicyclic amines) is 1. The number of fused-ring (bicyclic) bond motifs is 1. The number of Topliss-reactive ketones (excluding diaryl/α,β-unsaturated/α-hetero) is 1. The zero-order valence-electron chi connectivity index (χ0n) is 14.2. The summed E-state index contributed by atoms with van der Waals surface area (Å²) in [6.45, 7) is 3.02. The van der Waals surface area contributed by atoms with Gasteiger partial charge < -0.3 is 5.32 Å². The number of ketones is 1. The Morgan fingerprint density at radius 3 is 2.04 bits per heavy atom. The maximum Gasteiger partial charge on any atom is 0.247 e. The first-order valence-corrected chi connectivity index (χ1v) is 8.34. The van der Waals surface area contributed by atoms with Crippen molar-refractivity contribution in [2.45, 2.75) is 32.7 Å². The molecule has 0 saturated carbocycles. The molecule has 3 atom stereocenters. The second kappa shape index (κ2) is 6.63. The molecular weight excluding hydrogens is 320 g/mol. The number of hydrogen-bond acceptors (Lipinski definition) is 4. The number of anilines is 1. The molecule has 1 aromatic rings. The molecule has 6 heteroatoms. The van der Waals surface area contributed by atoms with Crippen LogP contribution in [-0.2, 0) is 14.4 Å². The van der Waals surface area contributed by atoms with E-state index in [2.05, 4.69) is 5.32 Å². The van der Waals surface area contributed by atoms with Gasteiger partial charge in [-0.2, -0.15) is 0 Å². The minimum atomic E-state index is -0.877. The Morgan fingerprint density at radius 1 is 1.04 bits per heavy atom. The number of nitrogens with one attached hydrogen (secondary N) is 1. The summed E-state index contributed by atoms with van der Waals surface area (Å²) in [6.07, 6.45) is 4.92. The molecule has 130 valence electrons. The summed E-state index contributed by atoms with van der Waals surface area (Å²) in [5.74, 6) is -1.72. The molecule has 25 heavy (non-hydrogen) atoms. The lowest BCUT2D eigenvalue weighted by Crippen LogP contribution is -2.46. The highest BCUT2D eigenvalue weighted by Crippen LogP contribution is 2.36. The highest BCUT2D eigenvalue weighted by molar-refractivity contribution is 6.10. The molecule has 0 bridgehead atoms. The summed E-state index contributed by atoms with van der Waals surface area (Å²) < 4.78 is 0. The summed E-state index contributed by atoms with van der Waals surface area (Å²) in [5.41, 5.74) is 1.06. The van der Waals surface area contributed by atoms with Crippen LogP contribution in [0.5, 0.6) is 0 Å². The lowest BCUT2D eigenvalue weighted by atomic mass is 9.85. The van der Waals surface area contributed by atoms with Crippen molar-refractivity contribution in [2.75, 3.05) is 5.32 Å². The second-order valence-electron chi connectivity index (χ2n) is 6.50. The number of carbonyl (C=O) groups is 4. The van der Waals surface area contributed by atoms with Gasteiger partial charge in [-0.3, -0.25) is 24.1 Å². The molecule has 2 aliphatic rings. The second-order valence-corrected chi connectivity index (χ2v) is 6.50. The van der Waals surface area contributed by atoms with Gasteiger partial charge in [-0.25, -0.2) is 0 Å². The van der Waals surface area contributed by atoms with Crippen LogP contribution in [0.3, 0.4) is 0 Å². The predicted octanol–water partition coefficient (Wildman–Crippen LogP) is 2.17. The maximum absolute atomic E-state index is 12.5. The van der Waals surface area contributed by atoms with Crippen molar-refractivity contribution in [1.29, 1.82) is 0 Å². The fourth-order valence-electron chi connectivity index (χ4n) is 3.36. The Labute approximate surface area is 145 Å². The minimum absolute atomic E-state index is 0.0595. The van der Waals surface area contributed by atoms with Gasteiger partial charge in [-0.1, -0.05) is 12.2 Å². The zero-order chi connectivity index (χ0) is 18.1. The molecule has 0 aromatic heterocycles. The van der Waals surface area contributed by atoms with Crippen LogP contribution in [0.15, 0.2) is 36.4 Å². The Morgan fingerprint density at radius 2 is 1.56 bits per heavy atom. The Balaban J connectivity index is 1.71. The van der Waals surface area contributed by atoms with Crippen LogP contribution in [0.4, 0.5) is 5.69 Å². The molecule has 1 saturated heterocycles. The van der Waals surface area contributed by atoms with E-state index >= 15 is 0 Å². The van der Waals surface area contributed by atoms with Gasteiger partial charge in [-0.05, 0) is 51.0 Å². The number of hydrogen-bond donors (Lipinski definition) is 1. The average molecular weight is 340 g/mol. The molecule has 1 aliphatic carbocycles. The third-order valence-electron chi connectivity index (χ3n) is 4.87. The Bertz CT molecular complexity index is 740. The normalized spacial score (nSPS) is 23.4. The van der Waals surface area contributed by atoms with Crippen LogP contribution >= 0.6 is 0 Å². The molecule has 0 unspecified atom stereocenters. The van der Waals surface area contributed by atoms with Crippen molar-refractivity contribution in [3.8, 4) is 0 Å². The van der Waals surface area contributed by atoms with Crippen molar-refractivity contribution >= 4 is 29.2 Å². The molecule has 1 fully saturated rings. The molecule has 3 amide bonds. The van der Waals surface area contributed by atoms with E-state index in [1.165, 1.54) is 6.92 Å². The topological polar surface area (TPSA) is 83.6 Å². The number of allylic oxidation sites excluding steroid dienone is 2. The van der Waals surface area contributed by atoms with Gasteiger partial charge in [-0.15, -0.1) is 0 Å². The molecular formula is C19H20N2O4. The van der Waals surface area contributed by atoms with Crippen molar-refractivity contribution in [1.82, 2.24) is 4.90 Å². The van der Waals surface area contributed by atoms with Gasteiger partial charge in [0.1, 0.15) is 6.04 Å². The van der Waals surface area contributed by atoms with Crippen molar-refractivity contribution in [3.63, 3.8) is 0 Å². The first-order valence-electron chi connectivity index (χ1n) is 8.34. The van der Waals surface area contributed by atoms with E-state index < -0.39 is 11.9 Å². The van der Waals surface area contributed by atoms with Crippen LogP contribution in [0, 0.1) is 11.8 Å². The minimum Gasteiger partial charge on any atom is -0.324 e. The average Bonchev–Trinajstić information content (AvgIpc) is 2.86. The van der Waals surface area contributed by atoms with E-state index in [4.69, 9.17) is 0 Å². The summed E-state index contributed by atoms with van der Waals surface area (Å²) in [7, 11) is 0. The van der Waals surface area contributed by atoms with Crippen LogP contribution in [0.2, 0.25) is 0 Å². The van der Waals surface area contributed by atoms with Gasteiger partial charge in [0.2, 0.25) is 17.7 Å². The number of benzene rings is 1. The highest BCUT2D eigenvalue weighted by atomic mass is 16.2. The van der Waals surface area contributed by atoms with Crippen molar-refractivity contribution in [3.05, 3.63) is 42.0 Å². The lowest BCUT2D eigenvalue weighted by Gasteiger charge is -2.22. The van der Waals surface area contributed by atoms with Crippen LogP contribution in [-0.4, -0.2) is 34.4 Å². The maximum atomic E-state index is 12.5. The summed E-state index contributed by atoms with van der Waals surface area (Å²) in [4.78, 5) is 49.9. The highest BCUT2D eigenvalue weighted by Gasteiger charge is 2.50. The SMILES string of the molecule is CC(=O)c1ccc(NC(=O)[C@@H](C)N2C(=O)[C@H]3CC=CC[C@H]3C2=O)cc1. The Hall–Kier alpha value is -2.76. The van der Waals surface area contributed by atoms with E-state index in [9.17, 15) is 19.2 Å². The van der Waals surface area contributed by atoms with E-state index in [1.807, 2.05) is 12.2 Å². The van der Waals surface area contributed by atoms with Crippen molar-refractivity contribution in [2.24, 2.45) is 11.8 Å². The standard InChI is InChI=1S/C19H20N2O4/c1-11(17(23)20-14-9-7-13(8-10-14)12(2)22)21-18(24)15-5-3-4-6-16(15)19(21)25/h3-4,7-11,15-16H,5-6H2,1-2H3,(H,20,23)/t11-,15-,16+/m1/s1. The quantitative estimate of drug-likeness (QED) is 0.517. The largest absolute Gasteiger partial charge is 0.324 e. The van der Waals surface area contributed by atoms with Gasteiger partial charge in [0.25, 0.3) is 0 Å². The van der Waals surface area contributed by atoms with Crippen molar-refractivity contribution < 1.29 is 19.2 Å². The molecule has 1 aliphatic heterocycles. The van der Waals surface area contributed by atoms with Crippen LogP contribution in [0.1, 0.15) is 37.0 Å². The van der Waals surface area contributed by atoms with E-state index in [0.717, 1.165) is 4.90 Å². The van der Waals surface area contributed by atoms with Crippen LogP contribution in [0.25, 0.3) is 0 Å². The molecule has 1 N–H and O–H groups in total. The monoisotopic (exact) mass is 340 g/mol. The van der Waals surface area contributed by atoms with Gasteiger partial charge in [0, 0.05) is 11.3 Å².